The van der Waals surface area contributed by atoms with Gasteiger partial charge in [-0.15, -0.1) is 0 Å². The summed E-state index contributed by atoms with van der Waals surface area (Å²) in [4.78, 5) is 10.9. The number of anilines is 2. The van der Waals surface area contributed by atoms with Crippen LogP contribution in [-0.4, -0.2) is 23.6 Å². The van der Waals surface area contributed by atoms with E-state index in [-0.39, 0.29) is 0 Å². The Labute approximate surface area is 127 Å². The van der Waals surface area contributed by atoms with Gasteiger partial charge in [0.1, 0.15) is 18.0 Å². The van der Waals surface area contributed by atoms with Crippen LogP contribution in [0.2, 0.25) is 0 Å². The van der Waals surface area contributed by atoms with Gasteiger partial charge in [-0.3, -0.25) is 0 Å². The second-order valence-electron chi connectivity index (χ2n) is 5.44. The van der Waals surface area contributed by atoms with Gasteiger partial charge >= 0.3 is 0 Å². The summed E-state index contributed by atoms with van der Waals surface area (Å²) in [7, 11) is 2.07. The third-order valence-electron chi connectivity index (χ3n) is 3.46. The molecule has 0 fully saturated rings. The normalized spacial score (nSPS) is 10.5. The Hall–Kier alpha value is -2.10. The molecule has 0 bridgehead atoms. The number of hydrogen-bond donors (Lipinski definition) is 1. The van der Waals surface area contributed by atoms with Crippen LogP contribution >= 0.6 is 0 Å². The summed E-state index contributed by atoms with van der Waals surface area (Å²) in [5.41, 5.74) is 3.67. The van der Waals surface area contributed by atoms with Gasteiger partial charge in [0.15, 0.2) is 0 Å². The molecule has 4 nitrogen and oxygen atoms in total. The minimum Gasteiger partial charge on any atom is -0.370 e. The van der Waals surface area contributed by atoms with Crippen LogP contribution in [-0.2, 0) is 6.54 Å². The molecule has 1 heterocycles. The van der Waals surface area contributed by atoms with E-state index < -0.39 is 0 Å². The number of aromatic nitrogens is 2. The fourth-order valence-corrected chi connectivity index (χ4v) is 2.41. The highest BCUT2D eigenvalue weighted by Gasteiger charge is 2.11. The molecular formula is C17H24N4. The summed E-state index contributed by atoms with van der Waals surface area (Å²) in [5.74, 6) is 1.91. The molecule has 0 saturated heterocycles. The lowest BCUT2D eigenvalue weighted by Gasteiger charge is -2.21. The average Bonchev–Trinajstić information content (AvgIpc) is 2.46. The first-order valence-corrected chi connectivity index (χ1v) is 7.44. The van der Waals surface area contributed by atoms with Crippen LogP contribution in [0.25, 0.3) is 0 Å². The minimum absolute atomic E-state index is 0.840. The fraction of sp³-hybridized carbons (Fsp3) is 0.412. The van der Waals surface area contributed by atoms with Gasteiger partial charge in [-0.05, 0) is 25.8 Å². The zero-order valence-corrected chi connectivity index (χ0v) is 13.3. The second kappa shape index (κ2) is 7.07. The molecule has 0 saturated carbocycles. The molecule has 1 aromatic heterocycles. The summed E-state index contributed by atoms with van der Waals surface area (Å²) in [5, 5.41) is 3.35. The topological polar surface area (TPSA) is 41.1 Å². The molecule has 0 aliphatic rings. The summed E-state index contributed by atoms with van der Waals surface area (Å²) < 4.78 is 0. The maximum Gasteiger partial charge on any atom is 0.137 e. The van der Waals surface area contributed by atoms with Crippen molar-refractivity contribution in [3.8, 4) is 0 Å². The third kappa shape index (κ3) is 3.94. The molecule has 0 unspecified atom stereocenters. The highest BCUT2D eigenvalue weighted by atomic mass is 15.2. The SMILES string of the molecule is CCCNc1ncnc(N(C)Cc2cccc(C)c2)c1C. The van der Waals surface area contributed by atoms with Crippen LogP contribution < -0.4 is 10.2 Å². The lowest BCUT2D eigenvalue weighted by atomic mass is 10.1. The van der Waals surface area contributed by atoms with Crippen molar-refractivity contribution in [2.45, 2.75) is 33.7 Å². The quantitative estimate of drug-likeness (QED) is 0.880. The standard InChI is InChI=1S/C17H24N4/c1-5-9-18-16-14(3)17(20-12-19-16)21(4)11-15-8-6-7-13(2)10-15/h6-8,10,12H,5,9,11H2,1-4H3,(H,18,19,20). The van der Waals surface area contributed by atoms with E-state index in [4.69, 9.17) is 0 Å². The Morgan fingerprint density at radius 3 is 2.71 bits per heavy atom. The first-order valence-electron chi connectivity index (χ1n) is 7.44. The van der Waals surface area contributed by atoms with Gasteiger partial charge in [0.05, 0.1) is 0 Å². The molecule has 112 valence electrons. The summed E-state index contributed by atoms with van der Waals surface area (Å²) in [6, 6.07) is 8.57. The van der Waals surface area contributed by atoms with E-state index in [1.807, 2.05) is 0 Å². The molecule has 0 atom stereocenters. The van der Waals surface area contributed by atoms with E-state index in [0.29, 0.717) is 0 Å². The monoisotopic (exact) mass is 284 g/mol. The van der Waals surface area contributed by atoms with E-state index in [1.54, 1.807) is 6.33 Å². The van der Waals surface area contributed by atoms with Crippen molar-refractivity contribution in [2.24, 2.45) is 0 Å². The predicted octanol–water partition coefficient (Wildman–Crippen LogP) is 3.55. The number of benzene rings is 1. The molecular weight excluding hydrogens is 260 g/mol. The fourth-order valence-electron chi connectivity index (χ4n) is 2.41. The van der Waals surface area contributed by atoms with Crippen molar-refractivity contribution in [3.63, 3.8) is 0 Å². The van der Waals surface area contributed by atoms with Crippen LogP contribution in [0.4, 0.5) is 11.6 Å². The Kier molecular flexibility index (Phi) is 5.14. The Bertz CT molecular complexity index is 595. The molecule has 1 aromatic carbocycles. The maximum absolute atomic E-state index is 4.44. The third-order valence-corrected chi connectivity index (χ3v) is 3.46. The molecule has 1 N–H and O–H groups in total. The first-order chi connectivity index (χ1) is 10.1. The second-order valence-corrected chi connectivity index (χ2v) is 5.44. The number of rotatable bonds is 6. The number of nitrogens with zero attached hydrogens (tertiary/aromatic N) is 3. The maximum atomic E-state index is 4.44. The van der Waals surface area contributed by atoms with Crippen LogP contribution in [0.1, 0.15) is 30.0 Å². The van der Waals surface area contributed by atoms with Crippen molar-refractivity contribution >= 4 is 11.6 Å². The van der Waals surface area contributed by atoms with Crippen molar-refractivity contribution in [2.75, 3.05) is 23.8 Å². The van der Waals surface area contributed by atoms with Gasteiger partial charge in [0.2, 0.25) is 0 Å². The van der Waals surface area contributed by atoms with Gasteiger partial charge in [-0.1, -0.05) is 36.8 Å². The van der Waals surface area contributed by atoms with Crippen molar-refractivity contribution in [1.29, 1.82) is 0 Å². The van der Waals surface area contributed by atoms with E-state index in [2.05, 4.69) is 72.3 Å². The van der Waals surface area contributed by atoms with Crippen LogP contribution in [0.3, 0.4) is 0 Å². The summed E-state index contributed by atoms with van der Waals surface area (Å²) >= 11 is 0. The minimum atomic E-state index is 0.840. The van der Waals surface area contributed by atoms with Crippen molar-refractivity contribution in [3.05, 3.63) is 47.3 Å². The summed E-state index contributed by atoms with van der Waals surface area (Å²) in [6.07, 6.45) is 2.71. The van der Waals surface area contributed by atoms with Crippen LogP contribution in [0, 0.1) is 13.8 Å². The molecule has 4 heteroatoms. The van der Waals surface area contributed by atoms with E-state index >= 15 is 0 Å². The van der Waals surface area contributed by atoms with Crippen molar-refractivity contribution in [1.82, 2.24) is 9.97 Å². The highest BCUT2D eigenvalue weighted by molar-refractivity contribution is 5.57. The van der Waals surface area contributed by atoms with Gasteiger partial charge < -0.3 is 10.2 Å². The number of aryl methyl sites for hydroxylation is 1. The zero-order chi connectivity index (χ0) is 15.2. The van der Waals surface area contributed by atoms with Gasteiger partial charge in [0.25, 0.3) is 0 Å². The van der Waals surface area contributed by atoms with E-state index in [9.17, 15) is 0 Å². The van der Waals surface area contributed by atoms with E-state index in [1.165, 1.54) is 11.1 Å². The molecule has 0 amide bonds. The molecule has 21 heavy (non-hydrogen) atoms. The van der Waals surface area contributed by atoms with Crippen LogP contribution in [0.15, 0.2) is 30.6 Å². The molecule has 2 rings (SSSR count). The smallest absolute Gasteiger partial charge is 0.137 e. The Morgan fingerprint density at radius 1 is 1.19 bits per heavy atom. The lowest BCUT2D eigenvalue weighted by Crippen LogP contribution is -2.20. The molecule has 0 radical (unpaired) electrons. The highest BCUT2D eigenvalue weighted by Crippen LogP contribution is 2.22. The van der Waals surface area contributed by atoms with Gasteiger partial charge in [0, 0.05) is 25.7 Å². The first kappa shape index (κ1) is 15.3. The van der Waals surface area contributed by atoms with Gasteiger partial charge in [-0.2, -0.15) is 0 Å². The Morgan fingerprint density at radius 2 is 2.00 bits per heavy atom. The largest absolute Gasteiger partial charge is 0.370 e. The average molecular weight is 284 g/mol. The predicted molar refractivity (Wildman–Crippen MR) is 88.8 cm³/mol. The molecule has 0 aliphatic heterocycles. The number of nitrogens with one attached hydrogen (secondary N) is 1. The van der Waals surface area contributed by atoms with Crippen LogP contribution in [0.5, 0.6) is 0 Å². The lowest BCUT2D eigenvalue weighted by molar-refractivity contribution is 0.877. The van der Waals surface area contributed by atoms with E-state index in [0.717, 1.165) is 36.7 Å². The zero-order valence-electron chi connectivity index (χ0n) is 13.3. The summed E-state index contributed by atoms with van der Waals surface area (Å²) in [6.45, 7) is 8.10. The molecule has 0 spiro atoms. The van der Waals surface area contributed by atoms with Gasteiger partial charge in [-0.25, -0.2) is 9.97 Å². The molecule has 0 aliphatic carbocycles. The number of hydrogen-bond acceptors (Lipinski definition) is 4. The van der Waals surface area contributed by atoms with Crippen molar-refractivity contribution < 1.29 is 0 Å². The Balaban J connectivity index is 2.17. The molecule has 2 aromatic rings.